The van der Waals surface area contributed by atoms with Crippen molar-refractivity contribution in [3.63, 3.8) is 0 Å². The lowest BCUT2D eigenvalue weighted by Crippen LogP contribution is -2.48. The van der Waals surface area contributed by atoms with Gasteiger partial charge in [-0.05, 0) is 30.8 Å². The Hall–Kier alpha value is -0.960. The van der Waals surface area contributed by atoms with Crippen molar-refractivity contribution in [2.24, 2.45) is 0 Å². The molecule has 0 unspecified atom stereocenters. The summed E-state index contributed by atoms with van der Waals surface area (Å²) in [7, 11) is 10.4. The largest absolute Gasteiger partial charge is 0.467 e. The Kier molecular flexibility index (Phi) is 3.69. The molecule has 1 N–H and O–H groups in total. The lowest BCUT2D eigenvalue weighted by Gasteiger charge is -2.34. The summed E-state index contributed by atoms with van der Waals surface area (Å²) < 4.78 is 11.6. The Balaban J connectivity index is 2.34. The number of nitrogens with one attached hydrogen (secondary N) is 1. The van der Waals surface area contributed by atoms with E-state index in [0.717, 1.165) is 17.9 Å². The third-order valence-electron chi connectivity index (χ3n) is 4.03. The summed E-state index contributed by atoms with van der Waals surface area (Å²) in [5.41, 5.74) is 0.715. The zero-order chi connectivity index (χ0) is 14.3. The van der Waals surface area contributed by atoms with Gasteiger partial charge in [-0.1, -0.05) is 18.6 Å². The van der Waals surface area contributed by atoms with Crippen LogP contribution < -0.4 is 14.8 Å². The third-order valence-corrected chi connectivity index (χ3v) is 4.03. The molecule has 3 nitrogen and oxygen atoms in total. The van der Waals surface area contributed by atoms with E-state index in [2.05, 4.69) is 40.1 Å². The zero-order valence-corrected chi connectivity index (χ0v) is 12.8. The molecule has 0 aliphatic carbocycles. The number of benzene rings is 1. The molecule has 0 saturated carbocycles. The second-order valence-corrected chi connectivity index (χ2v) is 6.24. The van der Waals surface area contributed by atoms with Gasteiger partial charge < -0.3 is 14.8 Å². The van der Waals surface area contributed by atoms with Crippen molar-refractivity contribution in [2.45, 2.75) is 30.2 Å². The number of fused-ring (bicyclic) bond motifs is 1. The first kappa shape index (κ1) is 14.4. The molecule has 1 heterocycles. The van der Waals surface area contributed by atoms with Gasteiger partial charge >= 0.3 is 0 Å². The fourth-order valence-corrected chi connectivity index (χ4v) is 2.90. The minimum Gasteiger partial charge on any atom is -0.467 e. The Morgan fingerprint density at radius 1 is 1.26 bits per heavy atom. The molecule has 98 valence electrons. The van der Waals surface area contributed by atoms with E-state index in [1.54, 1.807) is 0 Å². The van der Waals surface area contributed by atoms with Gasteiger partial charge in [0.25, 0.3) is 0 Å². The van der Waals surface area contributed by atoms with Gasteiger partial charge in [-0.3, -0.25) is 0 Å². The van der Waals surface area contributed by atoms with Crippen molar-refractivity contribution in [2.75, 3.05) is 7.05 Å². The van der Waals surface area contributed by atoms with Crippen LogP contribution in [0.15, 0.2) is 18.2 Å². The molecule has 0 bridgehead atoms. The minimum atomic E-state index is -0.557. The molecule has 0 amide bonds. The maximum absolute atomic E-state index is 5.83. The van der Waals surface area contributed by atoms with Gasteiger partial charge in [-0.2, -0.15) is 0 Å². The van der Waals surface area contributed by atoms with Crippen LogP contribution in [0.2, 0.25) is 0 Å². The Morgan fingerprint density at radius 3 is 2.47 bits per heavy atom. The average molecular weight is 255 g/mol. The van der Waals surface area contributed by atoms with Crippen LogP contribution in [-0.2, 0) is 5.21 Å². The molecule has 0 aromatic heterocycles. The molecule has 1 atom stereocenters. The molecule has 0 saturated heterocycles. The van der Waals surface area contributed by atoms with Crippen LogP contribution in [-0.4, -0.2) is 50.1 Å². The summed E-state index contributed by atoms with van der Waals surface area (Å²) in [6, 6.07) is 6.71. The van der Waals surface area contributed by atoms with Gasteiger partial charge in [0, 0.05) is 6.04 Å². The number of rotatable bonds is 4. The normalized spacial score (nSPS) is 18.2. The minimum absolute atomic E-state index is 0.0502. The van der Waals surface area contributed by atoms with Gasteiger partial charge in [0.1, 0.15) is 15.7 Å². The number of likely N-dealkylation sites (N-methyl/N-ethyl adjacent to an activating group) is 1. The number of hydrogen-bond acceptors (Lipinski definition) is 3. The van der Waals surface area contributed by atoms with Crippen LogP contribution in [0.1, 0.15) is 18.9 Å². The molecule has 7 heteroatoms. The predicted molar refractivity (Wildman–Crippen MR) is 89.4 cm³/mol. The average Bonchev–Trinajstić information content (AvgIpc) is 2.62. The van der Waals surface area contributed by atoms with Gasteiger partial charge in [0.05, 0.1) is 0 Å². The molecular weight excluding hydrogens is 233 g/mol. The molecule has 1 aromatic carbocycles. The molecule has 0 radical (unpaired) electrons. The Bertz CT molecular complexity index is 475. The molecule has 1 aliphatic heterocycles. The van der Waals surface area contributed by atoms with E-state index in [1.165, 1.54) is 5.56 Å². The monoisotopic (exact) mass is 255 g/mol. The first-order chi connectivity index (χ1) is 8.80. The maximum Gasteiger partial charge on any atom is 0.197 e. The summed E-state index contributed by atoms with van der Waals surface area (Å²) in [4.78, 5) is 0. The van der Waals surface area contributed by atoms with Crippen LogP contribution in [0.5, 0.6) is 11.5 Å². The fraction of sp³-hybridized carbons (Fsp3) is 0.500. The van der Waals surface area contributed by atoms with Crippen molar-refractivity contribution in [3.8, 4) is 11.5 Å². The third kappa shape index (κ3) is 2.66. The van der Waals surface area contributed by atoms with Gasteiger partial charge in [0.15, 0.2) is 32.8 Å². The molecule has 1 aromatic rings. The van der Waals surface area contributed by atoms with E-state index in [0.29, 0.717) is 6.04 Å². The zero-order valence-electron chi connectivity index (χ0n) is 12.8. The first-order valence-electron chi connectivity index (χ1n) is 7.00. The van der Waals surface area contributed by atoms with Crippen LogP contribution >= 0.6 is 0 Å². The SMILES string of the molecule is BC1(B)Oc2ccc(C(B)(B)[C@@H](CC)NC)cc2O1. The van der Waals surface area contributed by atoms with Crippen molar-refractivity contribution in [1.82, 2.24) is 5.32 Å². The highest BCUT2D eigenvalue weighted by atomic mass is 16.7. The van der Waals surface area contributed by atoms with Crippen molar-refractivity contribution in [1.29, 1.82) is 0 Å². The predicted octanol–water partition coefficient (Wildman–Crippen LogP) is -2.25. The summed E-state index contributed by atoms with van der Waals surface area (Å²) in [5.74, 6) is 1.68. The fourth-order valence-electron chi connectivity index (χ4n) is 2.90. The van der Waals surface area contributed by atoms with Crippen molar-refractivity contribution < 1.29 is 9.47 Å². The van der Waals surface area contributed by atoms with E-state index < -0.39 is 5.59 Å². The summed E-state index contributed by atoms with van der Waals surface area (Å²) in [5, 5.41) is 3.45. The highest BCUT2D eigenvalue weighted by molar-refractivity contribution is 6.41. The molecule has 19 heavy (non-hydrogen) atoms. The lowest BCUT2D eigenvalue weighted by molar-refractivity contribution is 0.0833. The van der Waals surface area contributed by atoms with E-state index in [9.17, 15) is 0 Å². The second kappa shape index (κ2) is 4.86. The molecule has 1 aliphatic rings. The molecule has 0 spiro atoms. The quantitative estimate of drug-likeness (QED) is 0.616. The molecule has 0 fully saturated rings. The topological polar surface area (TPSA) is 30.5 Å². The summed E-state index contributed by atoms with van der Waals surface area (Å²) >= 11 is 0. The van der Waals surface area contributed by atoms with Gasteiger partial charge in [-0.25, -0.2) is 0 Å². The Labute approximate surface area is 119 Å². The molecular formula is C12H21B4NO2. The smallest absolute Gasteiger partial charge is 0.197 e. The van der Waals surface area contributed by atoms with E-state index in [-0.39, 0.29) is 5.21 Å². The van der Waals surface area contributed by atoms with Crippen LogP contribution in [0.3, 0.4) is 0 Å². The van der Waals surface area contributed by atoms with Crippen molar-refractivity contribution in [3.05, 3.63) is 23.8 Å². The highest BCUT2D eigenvalue weighted by Crippen LogP contribution is 2.39. The lowest BCUT2D eigenvalue weighted by atomic mass is 9.47. The van der Waals surface area contributed by atoms with E-state index in [1.807, 2.05) is 28.8 Å². The van der Waals surface area contributed by atoms with Crippen LogP contribution in [0.25, 0.3) is 0 Å². The molecule has 2 rings (SSSR count). The van der Waals surface area contributed by atoms with Crippen LogP contribution in [0.4, 0.5) is 0 Å². The maximum atomic E-state index is 5.83. The summed E-state index contributed by atoms with van der Waals surface area (Å²) in [6.45, 7) is 2.21. The van der Waals surface area contributed by atoms with E-state index >= 15 is 0 Å². The van der Waals surface area contributed by atoms with Gasteiger partial charge in [-0.15, -0.1) is 0 Å². The Morgan fingerprint density at radius 2 is 1.89 bits per heavy atom. The van der Waals surface area contributed by atoms with E-state index in [4.69, 9.17) is 9.47 Å². The van der Waals surface area contributed by atoms with Crippen molar-refractivity contribution >= 4 is 31.4 Å². The van der Waals surface area contributed by atoms with Gasteiger partial charge in [0.2, 0.25) is 0 Å². The number of ether oxygens (including phenoxy) is 2. The summed E-state index contributed by atoms with van der Waals surface area (Å²) in [6.07, 6.45) is 1.09. The first-order valence-corrected chi connectivity index (χ1v) is 7.00. The highest BCUT2D eigenvalue weighted by Gasteiger charge is 2.34. The number of hydrogen-bond donors (Lipinski definition) is 1. The van der Waals surface area contributed by atoms with Crippen LogP contribution in [0, 0.1) is 0 Å². The second-order valence-electron chi connectivity index (χ2n) is 6.24. The standard InChI is InChI=1S/C12H21B4NO2/c1-3-10(17-2)11(13,14)7-4-5-8-9(6-7)19-12(15,16)18-8/h4-6,10,17H,3,13-16H2,1-2H3/t10-/m1/s1.